The number of halogens is 1. The van der Waals surface area contributed by atoms with Gasteiger partial charge in [0.2, 0.25) is 0 Å². The van der Waals surface area contributed by atoms with Crippen molar-refractivity contribution in [3.63, 3.8) is 0 Å². The molecule has 0 aliphatic carbocycles. The second kappa shape index (κ2) is 11.5. The van der Waals surface area contributed by atoms with Gasteiger partial charge in [0, 0.05) is 5.02 Å². The summed E-state index contributed by atoms with van der Waals surface area (Å²) in [5.41, 5.74) is 1.63. The van der Waals surface area contributed by atoms with E-state index < -0.39 is 0 Å². The number of carbonyl (C=O) groups is 1. The molecule has 0 saturated carbocycles. The van der Waals surface area contributed by atoms with Gasteiger partial charge in [-0.05, 0) is 48.4 Å². The lowest BCUT2D eigenvalue weighted by Gasteiger charge is -2.14. The Morgan fingerprint density at radius 3 is 2.53 bits per heavy atom. The van der Waals surface area contributed by atoms with E-state index in [1.54, 1.807) is 12.1 Å². The van der Waals surface area contributed by atoms with Crippen LogP contribution in [0, 0.1) is 0 Å². The molecular formula is C24H26ClNO2S2. The van der Waals surface area contributed by atoms with E-state index in [2.05, 4.69) is 6.92 Å². The number of rotatable bonds is 10. The third kappa shape index (κ3) is 6.34. The fourth-order valence-electron chi connectivity index (χ4n) is 3.19. The van der Waals surface area contributed by atoms with Gasteiger partial charge in [-0.3, -0.25) is 9.69 Å². The number of thiocarbonyl (C=S) groups is 1. The van der Waals surface area contributed by atoms with E-state index in [4.69, 9.17) is 28.6 Å². The molecule has 0 bridgehead atoms. The maximum absolute atomic E-state index is 12.8. The molecule has 0 spiro atoms. The molecule has 158 valence electrons. The highest BCUT2D eigenvalue weighted by Gasteiger charge is 2.33. The van der Waals surface area contributed by atoms with Gasteiger partial charge < -0.3 is 4.74 Å². The number of ether oxygens (including phenoxy) is 1. The summed E-state index contributed by atoms with van der Waals surface area (Å²) in [7, 11) is 0. The van der Waals surface area contributed by atoms with E-state index in [1.807, 2.05) is 42.5 Å². The fourth-order valence-corrected chi connectivity index (χ4v) is 4.67. The van der Waals surface area contributed by atoms with Crippen LogP contribution in [-0.2, 0) is 4.79 Å². The minimum Gasteiger partial charge on any atom is -0.494 e. The highest BCUT2D eigenvalue weighted by molar-refractivity contribution is 8.27. The molecule has 0 N–H and O–H groups in total. The van der Waals surface area contributed by atoms with Gasteiger partial charge in [0.05, 0.1) is 17.2 Å². The van der Waals surface area contributed by atoms with E-state index in [9.17, 15) is 4.79 Å². The molecule has 0 radical (unpaired) electrons. The molecule has 30 heavy (non-hydrogen) atoms. The number of thioether (sulfide) groups is 1. The lowest BCUT2D eigenvalue weighted by Crippen LogP contribution is -2.27. The number of hydrogen-bond acceptors (Lipinski definition) is 4. The van der Waals surface area contributed by atoms with Gasteiger partial charge >= 0.3 is 0 Å². The molecule has 0 atom stereocenters. The van der Waals surface area contributed by atoms with E-state index in [1.165, 1.54) is 48.8 Å². The summed E-state index contributed by atoms with van der Waals surface area (Å²) in [4.78, 5) is 15.0. The number of carbonyl (C=O) groups excluding carboxylic acids is 1. The summed E-state index contributed by atoms with van der Waals surface area (Å²) < 4.78 is 6.33. The summed E-state index contributed by atoms with van der Waals surface area (Å²) >= 11 is 12.8. The van der Waals surface area contributed by atoms with Crippen LogP contribution in [0.1, 0.15) is 51.0 Å². The molecule has 0 unspecified atom stereocenters. The van der Waals surface area contributed by atoms with Gasteiger partial charge in [-0.15, -0.1) is 0 Å². The second-order valence-corrected chi connectivity index (χ2v) is 9.29. The van der Waals surface area contributed by atoms with Crippen LogP contribution in [-0.4, -0.2) is 16.8 Å². The predicted molar refractivity (Wildman–Crippen MR) is 132 cm³/mol. The second-order valence-electron chi connectivity index (χ2n) is 7.18. The fraction of sp³-hybridized carbons (Fsp3) is 0.333. The van der Waals surface area contributed by atoms with Crippen LogP contribution >= 0.6 is 35.6 Å². The third-order valence-corrected chi connectivity index (χ3v) is 6.34. The maximum Gasteiger partial charge on any atom is 0.270 e. The number of hydrogen-bond donors (Lipinski definition) is 0. The molecule has 2 aromatic rings. The van der Waals surface area contributed by atoms with Crippen LogP contribution < -0.4 is 9.64 Å². The lowest BCUT2D eigenvalue weighted by molar-refractivity contribution is -0.113. The Hall–Kier alpha value is -1.82. The first-order valence-electron chi connectivity index (χ1n) is 10.3. The highest BCUT2D eigenvalue weighted by Crippen LogP contribution is 2.36. The van der Waals surface area contributed by atoms with E-state index >= 15 is 0 Å². The Balaban J connectivity index is 1.55. The van der Waals surface area contributed by atoms with Crippen LogP contribution in [0.3, 0.4) is 0 Å². The van der Waals surface area contributed by atoms with Crippen molar-refractivity contribution >= 4 is 57.6 Å². The first-order chi connectivity index (χ1) is 14.6. The minimum absolute atomic E-state index is 0.129. The van der Waals surface area contributed by atoms with Crippen molar-refractivity contribution in [2.45, 2.75) is 45.4 Å². The molecule has 0 aromatic heterocycles. The Bertz CT molecular complexity index is 912. The Labute approximate surface area is 193 Å². The van der Waals surface area contributed by atoms with Crippen molar-refractivity contribution in [2.24, 2.45) is 0 Å². The maximum atomic E-state index is 12.8. The Morgan fingerprint density at radius 2 is 1.80 bits per heavy atom. The van der Waals surface area contributed by atoms with Gasteiger partial charge in [-0.25, -0.2) is 0 Å². The molecule has 3 rings (SSSR count). The zero-order valence-corrected chi connectivity index (χ0v) is 19.5. The first-order valence-corrected chi connectivity index (χ1v) is 11.9. The SMILES string of the molecule is CCCCCCCCOc1ccc(C=C2SC(=S)N(c3cccc(Cl)c3)C2=O)cc1. The van der Waals surface area contributed by atoms with Crippen LogP contribution in [0.4, 0.5) is 5.69 Å². The van der Waals surface area contributed by atoms with Crippen molar-refractivity contribution in [3.05, 3.63) is 64.0 Å². The molecule has 1 fully saturated rings. The average molecular weight is 460 g/mol. The minimum atomic E-state index is -0.129. The molecule has 1 heterocycles. The topological polar surface area (TPSA) is 29.5 Å². The third-order valence-electron chi connectivity index (χ3n) is 4.80. The van der Waals surface area contributed by atoms with Gasteiger partial charge in [0.25, 0.3) is 5.91 Å². The zero-order chi connectivity index (χ0) is 21.3. The molecule has 6 heteroatoms. The monoisotopic (exact) mass is 459 g/mol. The number of amides is 1. The van der Waals surface area contributed by atoms with Crippen molar-refractivity contribution < 1.29 is 9.53 Å². The molecule has 1 saturated heterocycles. The van der Waals surface area contributed by atoms with Crippen LogP contribution in [0.2, 0.25) is 5.02 Å². The quantitative estimate of drug-likeness (QED) is 0.209. The number of unbranched alkanes of at least 4 members (excludes halogenated alkanes) is 5. The first kappa shape index (κ1) is 22.9. The standard InChI is InChI=1S/C24H26ClNO2S2/c1-2-3-4-5-6-7-15-28-21-13-11-18(12-14-21)16-22-23(27)26(24(29)30-22)20-10-8-9-19(25)17-20/h8-14,16-17H,2-7,15H2,1H3. The van der Waals surface area contributed by atoms with E-state index in [0.717, 1.165) is 24.3 Å². The van der Waals surface area contributed by atoms with Crippen molar-refractivity contribution in [3.8, 4) is 5.75 Å². The predicted octanol–water partition coefficient (Wildman–Crippen LogP) is 7.49. The number of benzene rings is 2. The van der Waals surface area contributed by atoms with Gasteiger partial charge in [-0.1, -0.05) is 92.8 Å². The van der Waals surface area contributed by atoms with Gasteiger partial charge in [0.15, 0.2) is 4.32 Å². The zero-order valence-electron chi connectivity index (χ0n) is 17.1. The van der Waals surface area contributed by atoms with E-state index in [-0.39, 0.29) is 5.91 Å². The van der Waals surface area contributed by atoms with Gasteiger partial charge in [0.1, 0.15) is 5.75 Å². The summed E-state index contributed by atoms with van der Waals surface area (Å²) in [6.07, 6.45) is 9.34. The molecule has 1 aliphatic rings. The van der Waals surface area contributed by atoms with Crippen molar-refractivity contribution in [1.29, 1.82) is 0 Å². The van der Waals surface area contributed by atoms with Crippen LogP contribution in [0.5, 0.6) is 5.75 Å². The average Bonchev–Trinajstić information content (AvgIpc) is 3.01. The highest BCUT2D eigenvalue weighted by atomic mass is 35.5. The van der Waals surface area contributed by atoms with Gasteiger partial charge in [-0.2, -0.15) is 0 Å². The summed E-state index contributed by atoms with van der Waals surface area (Å²) in [5, 5.41) is 0.571. The summed E-state index contributed by atoms with van der Waals surface area (Å²) in [6, 6.07) is 15.0. The van der Waals surface area contributed by atoms with Crippen LogP contribution in [0.25, 0.3) is 6.08 Å². The molecule has 3 nitrogen and oxygen atoms in total. The molecular weight excluding hydrogens is 434 g/mol. The molecule has 2 aromatic carbocycles. The van der Waals surface area contributed by atoms with Crippen molar-refractivity contribution in [1.82, 2.24) is 0 Å². The number of anilines is 1. The Morgan fingerprint density at radius 1 is 1.07 bits per heavy atom. The number of nitrogens with zero attached hydrogens (tertiary/aromatic N) is 1. The largest absolute Gasteiger partial charge is 0.494 e. The normalized spacial score (nSPS) is 15.3. The Kier molecular flexibility index (Phi) is 8.79. The molecule has 1 aliphatic heterocycles. The smallest absolute Gasteiger partial charge is 0.270 e. The summed E-state index contributed by atoms with van der Waals surface area (Å²) in [5.74, 6) is 0.725. The van der Waals surface area contributed by atoms with Crippen LogP contribution in [0.15, 0.2) is 53.4 Å². The lowest BCUT2D eigenvalue weighted by atomic mass is 10.1. The molecule has 1 amide bonds. The van der Waals surface area contributed by atoms with Crippen molar-refractivity contribution in [2.75, 3.05) is 11.5 Å². The van der Waals surface area contributed by atoms with E-state index in [0.29, 0.717) is 19.9 Å². The summed E-state index contributed by atoms with van der Waals surface area (Å²) in [6.45, 7) is 2.97.